The second-order valence-electron chi connectivity index (χ2n) is 6.51. The van der Waals surface area contributed by atoms with Gasteiger partial charge in [0.15, 0.2) is 5.82 Å². The Morgan fingerprint density at radius 1 is 1.00 bits per heavy atom. The molecule has 140 valence electrons. The van der Waals surface area contributed by atoms with Gasteiger partial charge in [-0.2, -0.15) is 5.10 Å². The average Bonchev–Trinajstić information content (AvgIpc) is 3.09. The van der Waals surface area contributed by atoms with Crippen LogP contribution in [0.5, 0.6) is 0 Å². The molecule has 27 heavy (non-hydrogen) atoms. The van der Waals surface area contributed by atoms with Crippen LogP contribution in [0.2, 0.25) is 0 Å². The third-order valence-electron chi connectivity index (χ3n) is 4.77. The van der Waals surface area contributed by atoms with Gasteiger partial charge in [0, 0.05) is 49.0 Å². The molecule has 1 saturated heterocycles. The number of rotatable bonds is 5. The Hall–Kier alpha value is -2.35. The van der Waals surface area contributed by atoms with Crippen molar-refractivity contribution in [3.05, 3.63) is 48.8 Å². The second-order valence-corrected chi connectivity index (χ2v) is 7.03. The van der Waals surface area contributed by atoms with Crippen molar-refractivity contribution in [3.8, 4) is 22.4 Å². The Bertz CT molecular complexity index is 889. The maximum Gasteiger partial charge on any atom is 0.159 e. The maximum absolute atomic E-state index is 9.61. The van der Waals surface area contributed by atoms with E-state index in [0.717, 1.165) is 59.3 Å². The van der Waals surface area contributed by atoms with Crippen LogP contribution in [0.1, 0.15) is 0 Å². The van der Waals surface area contributed by atoms with Gasteiger partial charge >= 0.3 is 0 Å². The molecule has 2 N–H and O–H groups in total. The van der Waals surface area contributed by atoms with E-state index in [0.29, 0.717) is 6.54 Å². The first kappa shape index (κ1) is 18.0. The van der Waals surface area contributed by atoms with Crippen LogP contribution in [0.3, 0.4) is 0 Å². The van der Waals surface area contributed by atoms with Crippen molar-refractivity contribution < 1.29 is 5.11 Å². The highest BCUT2D eigenvalue weighted by molar-refractivity contribution is 7.80. The molecule has 3 aromatic rings. The molecule has 0 spiro atoms. The zero-order valence-electron chi connectivity index (χ0n) is 15.0. The van der Waals surface area contributed by atoms with E-state index in [-0.39, 0.29) is 6.61 Å². The summed E-state index contributed by atoms with van der Waals surface area (Å²) in [4.78, 5) is 7.40. The van der Waals surface area contributed by atoms with E-state index in [1.807, 2.05) is 28.9 Å². The molecule has 0 aliphatic carbocycles. The Kier molecular flexibility index (Phi) is 5.42. The zero-order valence-corrected chi connectivity index (χ0v) is 15.9. The predicted molar refractivity (Wildman–Crippen MR) is 110 cm³/mol. The highest BCUT2D eigenvalue weighted by Gasteiger charge is 2.25. The van der Waals surface area contributed by atoms with Gasteiger partial charge in [-0.1, -0.05) is 12.1 Å². The second kappa shape index (κ2) is 8.12. The Balaban J connectivity index is 1.93. The van der Waals surface area contributed by atoms with Crippen LogP contribution in [-0.2, 0) is 6.54 Å². The lowest BCUT2D eigenvalue weighted by Crippen LogP contribution is -2.44. The fourth-order valence-corrected chi connectivity index (χ4v) is 3.65. The van der Waals surface area contributed by atoms with Gasteiger partial charge in [-0.15, -0.1) is 12.6 Å². The average molecular weight is 382 g/mol. The summed E-state index contributed by atoms with van der Waals surface area (Å²) in [6.45, 7) is 4.17. The summed E-state index contributed by atoms with van der Waals surface area (Å²) in [6.07, 6.45) is 3.61. The highest BCUT2D eigenvalue weighted by Crippen LogP contribution is 2.39. The summed E-state index contributed by atoms with van der Waals surface area (Å²) in [7, 11) is 0. The number of hydrogen-bond acceptors (Lipinski definition) is 6. The molecule has 0 radical (unpaired) electrons. The van der Waals surface area contributed by atoms with Crippen molar-refractivity contribution in [2.45, 2.75) is 11.4 Å². The molecule has 1 fully saturated rings. The summed E-state index contributed by atoms with van der Waals surface area (Å²) in [6, 6.07) is 12.1. The fourth-order valence-electron chi connectivity index (χ4n) is 3.50. The quantitative estimate of drug-likeness (QED) is 0.592. The van der Waals surface area contributed by atoms with Crippen molar-refractivity contribution in [1.29, 1.82) is 0 Å². The minimum absolute atomic E-state index is 0.0378. The lowest BCUT2D eigenvalue weighted by Gasteiger charge is -2.28. The van der Waals surface area contributed by atoms with Gasteiger partial charge in [-0.05, 0) is 29.8 Å². The molecule has 3 heterocycles. The zero-order chi connectivity index (χ0) is 18.6. The van der Waals surface area contributed by atoms with Crippen molar-refractivity contribution in [2.24, 2.45) is 0 Å². The van der Waals surface area contributed by atoms with Crippen LogP contribution in [0.15, 0.2) is 53.7 Å². The molecule has 4 rings (SSSR count). The number of hydrogen-bond donors (Lipinski definition) is 3. The van der Waals surface area contributed by atoms with Crippen molar-refractivity contribution in [2.75, 3.05) is 37.7 Å². The van der Waals surface area contributed by atoms with E-state index >= 15 is 0 Å². The van der Waals surface area contributed by atoms with Gasteiger partial charge in [-0.25, -0.2) is 0 Å². The lowest BCUT2D eigenvalue weighted by molar-refractivity contribution is 0.270. The first-order valence-electron chi connectivity index (χ1n) is 9.15. The van der Waals surface area contributed by atoms with Crippen molar-refractivity contribution in [3.63, 3.8) is 0 Å². The predicted octanol–water partition coefficient (Wildman–Crippen LogP) is 2.30. The number of anilines is 1. The smallest absolute Gasteiger partial charge is 0.159 e. The summed E-state index contributed by atoms with van der Waals surface area (Å²) >= 11 is 4.41. The third-order valence-corrected chi connectivity index (χ3v) is 5.07. The standard InChI is InChI=1S/C20H23N5OS/c26-14-13-25-19(16-1-3-17(27)4-2-16)18(15-5-7-21-8-6-15)20(23-25)24-11-9-22-10-12-24/h1-8,22,26-27H,9-14H2. The number of nitrogens with zero attached hydrogens (tertiary/aromatic N) is 4. The Labute approximate surface area is 164 Å². The van der Waals surface area contributed by atoms with Crippen LogP contribution in [0.25, 0.3) is 22.4 Å². The normalized spacial score (nSPS) is 14.5. The Morgan fingerprint density at radius 3 is 2.37 bits per heavy atom. The highest BCUT2D eigenvalue weighted by atomic mass is 32.1. The van der Waals surface area contributed by atoms with Crippen LogP contribution >= 0.6 is 12.6 Å². The van der Waals surface area contributed by atoms with Gasteiger partial charge in [0.1, 0.15) is 0 Å². The lowest BCUT2D eigenvalue weighted by atomic mass is 10.0. The number of benzene rings is 1. The molecular weight excluding hydrogens is 358 g/mol. The molecule has 7 heteroatoms. The van der Waals surface area contributed by atoms with Crippen molar-refractivity contribution >= 4 is 18.4 Å². The van der Waals surface area contributed by atoms with Gasteiger partial charge in [0.2, 0.25) is 0 Å². The van der Waals surface area contributed by atoms with Gasteiger partial charge in [0.25, 0.3) is 0 Å². The largest absolute Gasteiger partial charge is 0.394 e. The van der Waals surface area contributed by atoms with E-state index in [4.69, 9.17) is 5.10 Å². The van der Waals surface area contributed by atoms with Crippen LogP contribution in [-0.4, -0.2) is 52.7 Å². The monoisotopic (exact) mass is 381 g/mol. The van der Waals surface area contributed by atoms with Crippen LogP contribution in [0, 0.1) is 0 Å². The van der Waals surface area contributed by atoms with E-state index < -0.39 is 0 Å². The summed E-state index contributed by atoms with van der Waals surface area (Å²) < 4.78 is 1.92. The van der Waals surface area contributed by atoms with Gasteiger partial charge < -0.3 is 15.3 Å². The maximum atomic E-state index is 9.61. The van der Waals surface area contributed by atoms with Crippen LogP contribution in [0.4, 0.5) is 5.82 Å². The molecule has 0 bridgehead atoms. The van der Waals surface area contributed by atoms with Gasteiger partial charge in [-0.3, -0.25) is 9.67 Å². The number of thiol groups is 1. The molecular formula is C20H23N5OS. The molecule has 1 aliphatic heterocycles. The van der Waals surface area contributed by atoms with Crippen LogP contribution < -0.4 is 10.2 Å². The minimum Gasteiger partial charge on any atom is -0.394 e. The third kappa shape index (κ3) is 3.71. The Morgan fingerprint density at radius 2 is 1.70 bits per heavy atom. The molecule has 0 atom stereocenters. The first-order chi connectivity index (χ1) is 13.3. The van der Waals surface area contributed by atoms with Gasteiger partial charge in [0.05, 0.1) is 24.4 Å². The number of aromatic nitrogens is 3. The SMILES string of the molecule is OCCn1nc(N2CCNCC2)c(-c2ccncc2)c1-c1ccc(S)cc1. The first-order valence-corrected chi connectivity index (χ1v) is 9.60. The summed E-state index contributed by atoms with van der Waals surface area (Å²) in [5, 5.41) is 17.9. The number of nitrogens with one attached hydrogen (secondary N) is 1. The number of piperazine rings is 1. The molecule has 6 nitrogen and oxygen atoms in total. The van der Waals surface area contributed by atoms with E-state index in [2.05, 4.69) is 40.0 Å². The summed E-state index contributed by atoms with van der Waals surface area (Å²) in [5.74, 6) is 0.959. The molecule has 2 aromatic heterocycles. The molecule has 0 amide bonds. The summed E-state index contributed by atoms with van der Waals surface area (Å²) in [5.41, 5.74) is 4.23. The van der Waals surface area contributed by atoms with E-state index in [1.54, 1.807) is 12.4 Å². The number of aliphatic hydroxyl groups is 1. The van der Waals surface area contributed by atoms with E-state index in [9.17, 15) is 5.11 Å². The van der Waals surface area contributed by atoms with E-state index in [1.165, 1.54) is 0 Å². The molecule has 0 saturated carbocycles. The number of pyridine rings is 1. The minimum atomic E-state index is 0.0378. The topological polar surface area (TPSA) is 66.2 Å². The molecule has 1 aromatic carbocycles. The molecule has 1 aliphatic rings. The fraction of sp³-hybridized carbons (Fsp3) is 0.300. The number of aliphatic hydroxyl groups excluding tert-OH is 1. The van der Waals surface area contributed by atoms with Crippen molar-refractivity contribution in [1.82, 2.24) is 20.1 Å². The molecule has 0 unspecified atom stereocenters.